The molecule has 0 aromatic carbocycles. The van der Waals surface area contributed by atoms with Gasteiger partial charge in [0.15, 0.2) is 0 Å². The van der Waals surface area contributed by atoms with E-state index >= 15 is 0 Å². The van der Waals surface area contributed by atoms with Crippen LogP contribution in [0.2, 0.25) is 0 Å². The van der Waals surface area contributed by atoms with E-state index in [9.17, 15) is 5.11 Å². The summed E-state index contributed by atoms with van der Waals surface area (Å²) >= 11 is 0. The highest BCUT2D eigenvalue weighted by Gasteiger charge is 2.31. The van der Waals surface area contributed by atoms with Crippen LogP contribution < -0.4 is 0 Å². The van der Waals surface area contributed by atoms with E-state index in [0.717, 1.165) is 31.8 Å². The summed E-state index contributed by atoms with van der Waals surface area (Å²) in [6, 6.07) is 2.04. The predicted octanol–water partition coefficient (Wildman–Crippen LogP) is 1.26. The number of aliphatic hydroxyl groups is 1. The highest BCUT2D eigenvalue weighted by Crippen LogP contribution is 2.40. The molecule has 1 aromatic heterocycles. The molecular formula is C14H22N2O2. The fourth-order valence-electron chi connectivity index (χ4n) is 2.64. The van der Waals surface area contributed by atoms with E-state index in [1.165, 1.54) is 12.8 Å². The minimum atomic E-state index is -0.263. The standard InChI is InChI=1S/C14H22N2O2/c1-15-6-7-18-13(9-15)10-16-5-4-12(8-16)14(17)11-2-3-11/h4-5,8,11,13-14,17H,2-3,6-7,9-10H2,1H3. The van der Waals surface area contributed by atoms with Crippen molar-refractivity contribution in [2.24, 2.45) is 5.92 Å². The lowest BCUT2D eigenvalue weighted by atomic mass is 10.1. The van der Waals surface area contributed by atoms with Gasteiger partial charge in [-0.05, 0) is 37.4 Å². The van der Waals surface area contributed by atoms with Crippen molar-refractivity contribution in [3.05, 3.63) is 24.0 Å². The van der Waals surface area contributed by atoms with Crippen molar-refractivity contribution in [1.82, 2.24) is 9.47 Å². The summed E-state index contributed by atoms with van der Waals surface area (Å²) in [7, 11) is 2.13. The topological polar surface area (TPSA) is 37.6 Å². The molecule has 2 fully saturated rings. The minimum absolute atomic E-state index is 0.263. The number of likely N-dealkylation sites (N-methyl/N-ethyl adjacent to an activating group) is 1. The average Bonchev–Trinajstić information content (AvgIpc) is 3.09. The van der Waals surface area contributed by atoms with E-state index in [2.05, 4.69) is 28.9 Å². The maximum atomic E-state index is 10.1. The van der Waals surface area contributed by atoms with E-state index < -0.39 is 0 Å². The van der Waals surface area contributed by atoms with Gasteiger partial charge in [0.1, 0.15) is 0 Å². The number of aliphatic hydroxyl groups excluding tert-OH is 1. The number of nitrogens with zero attached hydrogens (tertiary/aromatic N) is 2. The van der Waals surface area contributed by atoms with Crippen LogP contribution in [-0.4, -0.2) is 47.4 Å². The molecule has 0 amide bonds. The first-order valence-electron chi connectivity index (χ1n) is 6.86. The minimum Gasteiger partial charge on any atom is -0.388 e. The van der Waals surface area contributed by atoms with Crippen LogP contribution in [0.5, 0.6) is 0 Å². The van der Waals surface area contributed by atoms with Gasteiger partial charge in [0.2, 0.25) is 0 Å². The second-order valence-electron chi connectivity index (χ2n) is 5.68. The number of hydrogen-bond donors (Lipinski definition) is 1. The van der Waals surface area contributed by atoms with Crippen LogP contribution in [0.25, 0.3) is 0 Å². The van der Waals surface area contributed by atoms with E-state index in [1.807, 2.05) is 6.07 Å². The lowest BCUT2D eigenvalue weighted by Crippen LogP contribution is -2.41. The molecule has 4 nitrogen and oxygen atoms in total. The van der Waals surface area contributed by atoms with E-state index in [1.54, 1.807) is 0 Å². The summed E-state index contributed by atoms with van der Waals surface area (Å²) in [6.45, 7) is 3.70. The van der Waals surface area contributed by atoms with Crippen molar-refractivity contribution < 1.29 is 9.84 Å². The Balaban J connectivity index is 1.59. The van der Waals surface area contributed by atoms with Crippen LogP contribution >= 0.6 is 0 Å². The predicted molar refractivity (Wildman–Crippen MR) is 69.4 cm³/mol. The van der Waals surface area contributed by atoms with Crippen molar-refractivity contribution in [3.63, 3.8) is 0 Å². The third kappa shape index (κ3) is 2.76. The molecule has 1 aromatic rings. The quantitative estimate of drug-likeness (QED) is 0.874. The van der Waals surface area contributed by atoms with Gasteiger partial charge in [-0.3, -0.25) is 0 Å². The first-order valence-corrected chi connectivity index (χ1v) is 6.86. The van der Waals surface area contributed by atoms with Gasteiger partial charge in [-0.25, -0.2) is 0 Å². The zero-order valence-electron chi connectivity index (χ0n) is 11.0. The van der Waals surface area contributed by atoms with E-state index in [-0.39, 0.29) is 12.2 Å². The maximum absolute atomic E-state index is 10.1. The summed E-state index contributed by atoms with van der Waals surface area (Å²) in [5.74, 6) is 0.498. The fraction of sp³-hybridized carbons (Fsp3) is 0.714. The van der Waals surface area contributed by atoms with E-state index in [4.69, 9.17) is 4.74 Å². The summed E-state index contributed by atoms with van der Waals surface area (Å²) < 4.78 is 7.90. The summed E-state index contributed by atoms with van der Waals surface area (Å²) in [6.07, 6.45) is 6.47. The van der Waals surface area contributed by atoms with Gasteiger partial charge in [-0.2, -0.15) is 0 Å². The normalized spacial score (nSPS) is 27.3. The van der Waals surface area contributed by atoms with Gasteiger partial charge in [0.25, 0.3) is 0 Å². The highest BCUT2D eigenvalue weighted by molar-refractivity contribution is 5.16. The molecule has 18 heavy (non-hydrogen) atoms. The molecule has 2 unspecified atom stereocenters. The smallest absolute Gasteiger partial charge is 0.0880 e. The Morgan fingerprint density at radius 1 is 1.50 bits per heavy atom. The van der Waals surface area contributed by atoms with Crippen molar-refractivity contribution >= 4 is 0 Å². The summed E-state index contributed by atoms with van der Waals surface area (Å²) in [4.78, 5) is 2.30. The number of aromatic nitrogens is 1. The molecule has 1 aliphatic heterocycles. The average molecular weight is 250 g/mol. The van der Waals surface area contributed by atoms with Crippen molar-refractivity contribution in [3.8, 4) is 0 Å². The second-order valence-corrected chi connectivity index (χ2v) is 5.68. The molecule has 100 valence electrons. The Morgan fingerprint density at radius 2 is 2.33 bits per heavy atom. The zero-order chi connectivity index (χ0) is 12.5. The first kappa shape index (κ1) is 12.2. The van der Waals surface area contributed by atoms with Crippen molar-refractivity contribution in [1.29, 1.82) is 0 Å². The van der Waals surface area contributed by atoms with Gasteiger partial charge in [0.05, 0.1) is 18.8 Å². The molecule has 2 heterocycles. The molecule has 1 saturated carbocycles. The SMILES string of the molecule is CN1CCOC(Cn2ccc(C(O)C3CC3)c2)C1. The first-order chi connectivity index (χ1) is 8.72. The van der Waals surface area contributed by atoms with Gasteiger partial charge in [-0.1, -0.05) is 0 Å². The molecule has 1 saturated heterocycles. The number of morpholine rings is 1. The maximum Gasteiger partial charge on any atom is 0.0880 e. The zero-order valence-corrected chi connectivity index (χ0v) is 11.0. The van der Waals surface area contributed by atoms with Crippen LogP contribution in [0.3, 0.4) is 0 Å². The van der Waals surface area contributed by atoms with Crippen LogP contribution in [0, 0.1) is 5.92 Å². The molecule has 2 aliphatic rings. The summed E-state index contributed by atoms with van der Waals surface area (Å²) in [5.41, 5.74) is 1.06. The van der Waals surface area contributed by atoms with Crippen LogP contribution in [0.4, 0.5) is 0 Å². The number of ether oxygens (including phenoxy) is 1. The molecule has 1 aliphatic carbocycles. The van der Waals surface area contributed by atoms with Gasteiger partial charge < -0.3 is 19.3 Å². The Labute approximate surface area is 108 Å². The van der Waals surface area contributed by atoms with Crippen LogP contribution in [0.15, 0.2) is 18.5 Å². The van der Waals surface area contributed by atoms with Crippen molar-refractivity contribution in [2.45, 2.75) is 31.6 Å². The fourth-order valence-corrected chi connectivity index (χ4v) is 2.64. The molecule has 1 N–H and O–H groups in total. The van der Waals surface area contributed by atoms with Gasteiger partial charge in [-0.15, -0.1) is 0 Å². The molecule has 3 rings (SSSR count). The van der Waals surface area contributed by atoms with Crippen LogP contribution in [0.1, 0.15) is 24.5 Å². The van der Waals surface area contributed by atoms with Crippen molar-refractivity contribution in [2.75, 3.05) is 26.7 Å². The van der Waals surface area contributed by atoms with Crippen LogP contribution in [-0.2, 0) is 11.3 Å². The number of hydrogen-bond acceptors (Lipinski definition) is 3. The highest BCUT2D eigenvalue weighted by atomic mass is 16.5. The van der Waals surface area contributed by atoms with E-state index in [0.29, 0.717) is 5.92 Å². The Morgan fingerprint density at radius 3 is 3.06 bits per heavy atom. The molecule has 2 atom stereocenters. The molecule has 0 spiro atoms. The molecular weight excluding hydrogens is 228 g/mol. The van der Waals surface area contributed by atoms with Gasteiger partial charge >= 0.3 is 0 Å². The lowest BCUT2D eigenvalue weighted by Gasteiger charge is -2.30. The summed E-state index contributed by atoms with van der Waals surface area (Å²) in [5, 5.41) is 10.1. The molecule has 4 heteroatoms. The largest absolute Gasteiger partial charge is 0.388 e. The number of rotatable bonds is 4. The van der Waals surface area contributed by atoms with Gasteiger partial charge in [0, 0.05) is 32.0 Å². The Hall–Kier alpha value is -0.840. The molecule has 0 radical (unpaired) electrons. The Kier molecular flexibility index (Phi) is 3.41. The second kappa shape index (κ2) is 5.03. The monoisotopic (exact) mass is 250 g/mol. The third-order valence-corrected chi connectivity index (χ3v) is 3.94. The third-order valence-electron chi connectivity index (χ3n) is 3.94. The Bertz CT molecular complexity index is 400. The molecule has 0 bridgehead atoms. The lowest BCUT2D eigenvalue weighted by molar-refractivity contribution is -0.0274.